The van der Waals surface area contributed by atoms with Gasteiger partial charge >= 0.3 is 0 Å². The highest BCUT2D eigenvalue weighted by Crippen LogP contribution is 2.15. The van der Waals surface area contributed by atoms with Crippen LogP contribution in [0.3, 0.4) is 0 Å². The Bertz CT molecular complexity index is 523. The summed E-state index contributed by atoms with van der Waals surface area (Å²) in [6, 6.07) is 8.69. The van der Waals surface area contributed by atoms with Crippen molar-refractivity contribution in [2.24, 2.45) is 0 Å². The summed E-state index contributed by atoms with van der Waals surface area (Å²) in [7, 11) is 0. The van der Waals surface area contributed by atoms with Crippen molar-refractivity contribution in [1.29, 1.82) is 0 Å². The number of anilines is 1. The molecule has 0 saturated carbocycles. The van der Waals surface area contributed by atoms with Crippen molar-refractivity contribution >= 4 is 5.82 Å². The number of nitrogens with zero attached hydrogens (tertiary/aromatic N) is 1. The van der Waals surface area contributed by atoms with Gasteiger partial charge in [0.05, 0.1) is 0 Å². The SMILES string of the molecule is Cc1ccc(F)cc1CCc1cccnc1N. The number of rotatable bonds is 3. The molecule has 2 nitrogen and oxygen atoms in total. The first-order chi connectivity index (χ1) is 8.16. The summed E-state index contributed by atoms with van der Waals surface area (Å²) in [6.07, 6.45) is 3.23. The van der Waals surface area contributed by atoms with Crippen LogP contribution < -0.4 is 5.73 Å². The molecule has 1 heterocycles. The Morgan fingerprint density at radius 2 is 1.94 bits per heavy atom. The summed E-state index contributed by atoms with van der Waals surface area (Å²) in [4.78, 5) is 4.04. The molecule has 1 aromatic carbocycles. The molecule has 17 heavy (non-hydrogen) atoms. The minimum atomic E-state index is -0.190. The summed E-state index contributed by atoms with van der Waals surface area (Å²) < 4.78 is 13.1. The van der Waals surface area contributed by atoms with Crippen LogP contribution in [0.4, 0.5) is 10.2 Å². The van der Waals surface area contributed by atoms with Crippen LogP contribution in [0.1, 0.15) is 16.7 Å². The molecule has 0 aliphatic heterocycles. The molecule has 88 valence electrons. The van der Waals surface area contributed by atoms with E-state index < -0.39 is 0 Å². The lowest BCUT2D eigenvalue weighted by atomic mass is 10.0. The molecule has 0 atom stereocenters. The van der Waals surface area contributed by atoms with Crippen LogP contribution in [0.15, 0.2) is 36.5 Å². The fraction of sp³-hybridized carbons (Fsp3) is 0.214. The molecule has 3 heteroatoms. The third kappa shape index (κ3) is 2.81. The van der Waals surface area contributed by atoms with Crippen molar-refractivity contribution in [3.63, 3.8) is 0 Å². The molecule has 2 aromatic rings. The molecular weight excluding hydrogens is 215 g/mol. The molecule has 0 amide bonds. The fourth-order valence-electron chi connectivity index (χ4n) is 1.84. The molecule has 1 aromatic heterocycles. The Morgan fingerprint density at radius 3 is 2.71 bits per heavy atom. The quantitative estimate of drug-likeness (QED) is 0.880. The number of pyridine rings is 1. The highest BCUT2D eigenvalue weighted by Gasteiger charge is 2.03. The van der Waals surface area contributed by atoms with Gasteiger partial charge in [0, 0.05) is 6.20 Å². The number of halogens is 1. The molecule has 0 aliphatic rings. The Balaban J connectivity index is 2.12. The molecule has 0 saturated heterocycles. The molecule has 0 unspecified atom stereocenters. The Labute approximate surface area is 100 Å². The third-order valence-electron chi connectivity index (χ3n) is 2.90. The van der Waals surface area contributed by atoms with Crippen molar-refractivity contribution in [2.75, 3.05) is 5.73 Å². The van der Waals surface area contributed by atoms with Gasteiger partial charge in [-0.3, -0.25) is 0 Å². The second-order valence-corrected chi connectivity index (χ2v) is 4.12. The highest BCUT2D eigenvalue weighted by molar-refractivity contribution is 5.39. The van der Waals surface area contributed by atoms with Crippen LogP contribution in [0.2, 0.25) is 0 Å². The summed E-state index contributed by atoms with van der Waals surface area (Å²) in [5.74, 6) is 0.367. The topological polar surface area (TPSA) is 38.9 Å². The average molecular weight is 230 g/mol. The van der Waals surface area contributed by atoms with E-state index in [2.05, 4.69) is 4.98 Å². The largest absolute Gasteiger partial charge is 0.383 e. The second-order valence-electron chi connectivity index (χ2n) is 4.12. The van der Waals surface area contributed by atoms with Crippen LogP contribution in [-0.2, 0) is 12.8 Å². The van der Waals surface area contributed by atoms with E-state index in [-0.39, 0.29) is 5.82 Å². The van der Waals surface area contributed by atoms with E-state index in [0.29, 0.717) is 5.82 Å². The average Bonchev–Trinajstić information content (AvgIpc) is 2.32. The first-order valence-electron chi connectivity index (χ1n) is 5.61. The predicted octanol–water partition coefficient (Wildman–Crippen LogP) is 2.90. The van der Waals surface area contributed by atoms with Gasteiger partial charge in [0.15, 0.2) is 0 Å². The number of aryl methyl sites for hydroxylation is 3. The zero-order chi connectivity index (χ0) is 12.3. The zero-order valence-electron chi connectivity index (χ0n) is 9.78. The minimum Gasteiger partial charge on any atom is -0.383 e. The van der Waals surface area contributed by atoms with Crippen molar-refractivity contribution in [2.45, 2.75) is 19.8 Å². The zero-order valence-corrected chi connectivity index (χ0v) is 9.78. The maximum Gasteiger partial charge on any atom is 0.126 e. The molecule has 0 radical (unpaired) electrons. The lowest BCUT2D eigenvalue weighted by Crippen LogP contribution is -2.00. The second kappa shape index (κ2) is 4.95. The minimum absolute atomic E-state index is 0.190. The van der Waals surface area contributed by atoms with Gasteiger partial charge in [-0.15, -0.1) is 0 Å². The summed E-state index contributed by atoms with van der Waals surface area (Å²) >= 11 is 0. The molecule has 2 N–H and O–H groups in total. The Morgan fingerprint density at radius 1 is 1.18 bits per heavy atom. The lowest BCUT2D eigenvalue weighted by molar-refractivity contribution is 0.624. The first-order valence-corrected chi connectivity index (χ1v) is 5.61. The van der Waals surface area contributed by atoms with Crippen LogP contribution in [0.5, 0.6) is 0 Å². The van der Waals surface area contributed by atoms with Crippen LogP contribution in [0, 0.1) is 12.7 Å². The van der Waals surface area contributed by atoms with Gasteiger partial charge in [0.25, 0.3) is 0 Å². The van der Waals surface area contributed by atoms with Gasteiger partial charge in [0.2, 0.25) is 0 Å². The predicted molar refractivity (Wildman–Crippen MR) is 67.2 cm³/mol. The van der Waals surface area contributed by atoms with E-state index in [1.54, 1.807) is 18.3 Å². The van der Waals surface area contributed by atoms with Crippen LogP contribution >= 0.6 is 0 Å². The molecule has 0 fully saturated rings. The monoisotopic (exact) mass is 230 g/mol. The number of hydrogen-bond acceptors (Lipinski definition) is 2. The number of hydrogen-bond donors (Lipinski definition) is 1. The van der Waals surface area contributed by atoms with E-state index in [1.165, 1.54) is 6.07 Å². The van der Waals surface area contributed by atoms with Crippen molar-refractivity contribution in [1.82, 2.24) is 4.98 Å². The van der Waals surface area contributed by atoms with Gasteiger partial charge in [-0.05, 0) is 54.7 Å². The van der Waals surface area contributed by atoms with E-state index in [0.717, 1.165) is 29.5 Å². The standard InChI is InChI=1S/C14H15FN2/c1-10-4-7-13(15)9-12(10)6-5-11-3-2-8-17-14(11)16/h2-4,7-9H,5-6H2,1H3,(H2,16,17). The smallest absolute Gasteiger partial charge is 0.126 e. The summed E-state index contributed by atoms with van der Waals surface area (Å²) in [5.41, 5.74) is 8.90. The third-order valence-corrected chi connectivity index (χ3v) is 2.90. The molecule has 0 spiro atoms. The normalized spacial score (nSPS) is 10.5. The number of benzene rings is 1. The molecule has 0 aliphatic carbocycles. The van der Waals surface area contributed by atoms with E-state index in [9.17, 15) is 4.39 Å². The Kier molecular flexibility index (Phi) is 3.38. The maximum atomic E-state index is 13.1. The van der Waals surface area contributed by atoms with Crippen molar-refractivity contribution in [3.8, 4) is 0 Å². The van der Waals surface area contributed by atoms with E-state index >= 15 is 0 Å². The van der Waals surface area contributed by atoms with E-state index in [4.69, 9.17) is 5.73 Å². The summed E-state index contributed by atoms with van der Waals surface area (Å²) in [6.45, 7) is 1.99. The van der Waals surface area contributed by atoms with Gasteiger partial charge in [-0.25, -0.2) is 9.37 Å². The molecule has 0 bridgehead atoms. The van der Waals surface area contributed by atoms with Gasteiger partial charge < -0.3 is 5.73 Å². The highest BCUT2D eigenvalue weighted by atomic mass is 19.1. The number of nitrogens with two attached hydrogens (primary N) is 1. The van der Waals surface area contributed by atoms with Gasteiger partial charge in [0.1, 0.15) is 11.6 Å². The molecular formula is C14H15FN2. The van der Waals surface area contributed by atoms with Crippen molar-refractivity contribution in [3.05, 3.63) is 59.0 Å². The number of aromatic nitrogens is 1. The van der Waals surface area contributed by atoms with Gasteiger partial charge in [-0.2, -0.15) is 0 Å². The summed E-state index contributed by atoms with van der Waals surface area (Å²) in [5, 5.41) is 0. The fourth-order valence-corrected chi connectivity index (χ4v) is 1.84. The lowest BCUT2D eigenvalue weighted by Gasteiger charge is -2.07. The van der Waals surface area contributed by atoms with Crippen LogP contribution in [0.25, 0.3) is 0 Å². The maximum absolute atomic E-state index is 13.1. The first kappa shape index (κ1) is 11.6. The molecule has 2 rings (SSSR count). The van der Waals surface area contributed by atoms with Crippen LogP contribution in [-0.4, -0.2) is 4.98 Å². The van der Waals surface area contributed by atoms with Crippen molar-refractivity contribution < 1.29 is 4.39 Å². The van der Waals surface area contributed by atoms with Gasteiger partial charge in [-0.1, -0.05) is 12.1 Å². The Hall–Kier alpha value is -1.90. The number of nitrogen functional groups attached to an aromatic ring is 1. The van der Waals surface area contributed by atoms with E-state index in [1.807, 2.05) is 19.1 Å².